The zero-order chi connectivity index (χ0) is 57.7. The Labute approximate surface area is 478 Å². The average molecular weight is 1100 g/mol. The highest BCUT2D eigenvalue weighted by Gasteiger charge is 2.26. The van der Waals surface area contributed by atoms with Crippen LogP contribution in [0, 0.1) is 61.2 Å². The summed E-state index contributed by atoms with van der Waals surface area (Å²) in [7, 11) is 34.8. The number of quaternary nitrogens is 7. The molecule has 0 spiro atoms. The molecule has 16 heteroatoms. The molecule has 7 aliphatic rings. The summed E-state index contributed by atoms with van der Waals surface area (Å²) in [5.41, 5.74) is 0. The molecule has 78 heavy (non-hydrogen) atoms. The summed E-state index contributed by atoms with van der Waals surface area (Å²) in [6, 6.07) is 10.1. The van der Waals surface area contributed by atoms with E-state index in [4.69, 9.17) is 23.7 Å². The van der Waals surface area contributed by atoms with Gasteiger partial charge in [0.1, 0.15) is 11.9 Å². The summed E-state index contributed by atoms with van der Waals surface area (Å²) in [5.74, 6) is 1.96. The van der Waals surface area contributed by atoms with Crippen LogP contribution < -0.4 is 44.4 Å². The van der Waals surface area contributed by atoms with Crippen LogP contribution in [0.4, 0.5) is 0 Å². The number of hydrogen-bond acceptors (Lipinski definition) is 7. The van der Waals surface area contributed by atoms with E-state index in [0.29, 0.717) is 36.6 Å². The molecule has 1 aromatic carbocycles. The van der Waals surface area contributed by atoms with E-state index in [-0.39, 0.29) is 23.7 Å². The number of hydrogen-bond donors (Lipinski definition) is 8. The third-order valence-corrected chi connectivity index (χ3v) is 15.8. The van der Waals surface area contributed by atoms with Gasteiger partial charge in [-0.2, -0.15) is 49.3 Å². The van der Waals surface area contributed by atoms with E-state index in [1.165, 1.54) is 125 Å². The number of ether oxygens (including phenoxy) is 5. The number of amides is 2. The minimum atomic E-state index is 0.192. The predicted octanol–water partition coefficient (Wildman–Crippen LogP) is -1.28. The molecule has 8 rings (SSSR count). The molecule has 7 fully saturated rings. The summed E-state index contributed by atoms with van der Waals surface area (Å²) >= 11 is 0. The van der Waals surface area contributed by atoms with E-state index in [1.807, 2.05) is 44.4 Å². The fourth-order valence-corrected chi connectivity index (χ4v) is 10.5. The highest BCUT2D eigenvalue weighted by Crippen LogP contribution is 2.15. The largest absolute Gasteiger partial charge is 0.490 e. The smallest absolute Gasteiger partial charge is 0.225 e. The van der Waals surface area contributed by atoms with Crippen LogP contribution in [0.25, 0.3) is 0 Å². The Morgan fingerprint density at radius 2 is 0.872 bits per heavy atom. The highest BCUT2D eigenvalue weighted by molar-refractivity contribution is 5.78. The topological polar surface area (TPSA) is 127 Å². The number of carbonyl (C=O) groups is 2. The van der Waals surface area contributed by atoms with E-state index in [1.54, 1.807) is 19.1 Å². The van der Waals surface area contributed by atoms with Crippen LogP contribution in [-0.2, 0) is 28.5 Å². The maximum Gasteiger partial charge on any atom is 0.225 e. The summed E-state index contributed by atoms with van der Waals surface area (Å²) in [6.07, 6.45) is 19.6. The molecule has 0 unspecified atom stereocenters. The quantitative estimate of drug-likeness (QED) is 0.123. The molecule has 1 aromatic rings. The third kappa shape index (κ3) is 34.1. The van der Waals surface area contributed by atoms with Crippen molar-refractivity contribution in [3.63, 3.8) is 0 Å². The van der Waals surface area contributed by atoms with Crippen molar-refractivity contribution in [2.75, 3.05) is 133 Å². The van der Waals surface area contributed by atoms with Crippen LogP contribution in [0.2, 0.25) is 0 Å². The van der Waals surface area contributed by atoms with Crippen molar-refractivity contribution < 1.29 is 67.6 Å². The lowest BCUT2D eigenvalue weighted by molar-refractivity contribution is -0.860. The van der Waals surface area contributed by atoms with Gasteiger partial charge in [-0.15, -0.1) is 0 Å². The van der Waals surface area contributed by atoms with E-state index < -0.39 is 0 Å². The first-order valence-corrected chi connectivity index (χ1v) is 30.6. The van der Waals surface area contributed by atoms with Crippen LogP contribution in [0.5, 0.6) is 5.75 Å². The van der Waals surface area contributed by atoms with Crippen molar-refractivity contribution in [2.24, 2.45) is 11.8 Å². The van der Waals surface area contributed by atoms with E-state index >= 15 is 0 Å². The van der Waals surface area contributed by atoms with E-state index in [2.05, 4.69) is 82.3 Å². The number of rotatable bonds is 12. The van der Waals surface area contributed by atoms with Gasteiger partial charge in [0.25, 0.3) is 0 Å². The normalized spacial score (nSPS) is 31.7. The van der Waals surface area contributed by atoms with Crippen LogP contribution in [0.3, 0.4) is 0 Å². The van der Waals surface area contributed by atoms with Gasteiger partial charge in [0, 0.05) is 143 Å². The van der Waals surface area contributed by atoms with Gasteiger partial charge in [-0.3, -0.25) is 9.59 Å². The van der Waals surface area contributed by atoms with Crippen molar-refractivity contribution in [3.8, 4) is 5.75 Å². The van der Waals surface area contributed by atoms with Gasteiger partial charge in [0.05, 0.1) is 122 Å². The summed E-state index contributed by atoms with van der Waals surface area (Å²) < 4.78 is 27.9. The lowest BCUT2D eigenvalue weighted by atomic mass is 9.96. The number of nitrogens with zero attached hydrogens (tertiary/aromatic N) is 1. The average Bonchev–Trinajstić information content (AvgIpc) is 3.44. The van der Waals surface area contributed by atoms with Gasteiger partial charge in [0.15, 0.2) is 0 Å². The van der Waals surface area contributed by atoms with Crippen LogP contribution in [0.15, 0.2) is 30.3 Å². The fourth-order valence-electron chi connectivity index (χ4n) is 10.5. The summed E-state index contributed by atoms with van der Waals surface area (Å²) in [4.78, 5) is 33.9. The molecule has 16 nitrogen and oxygen atoms in total. The van der Waals surface area contributed by atoms with Gasteiger partial charge < -0.3 is 68.2 Å². The SMILES string of the molecule is [CH2-][NH+]1CCC(C(=O)N(C)C)CC1.[CH2-][NH+]1CCC(C(=O)NC)CC1.[CH2-][NH+]1CCC(OC(C)C)CC1.[CH2-][NH+]1CCC(OC)CC1.[CH2-][NH+]1CCC(OCC)CC1.[CH2-][NH+]1CCC(OCCC)CC1.[CH2-][NH+]1CCC(Oc2ccccc2)CC1. The second-order valence-electron chi connectivity index (χ2n) is 23.3. The summed E-state index contributed by atoms with van der Waals surface area (Å²) in [6.45, 7) is 25.9. The number of benzene rings is 1. The maximum atomic E-state index is 11.5. The predicted molar refractivity (Wildman–Crippen MR) is 314 cm³/mol. The van der Waals surface area contributed by atoms with Gasteiger partial charge in [-0.1, -0.05) is 25.1 Å². The molecular formula is C62H121N9O7. The zero-order valence-electron chi connectivity index (χ0n) is 51.2. The molecule has 0 radical (unpaired) electrons. The van der Waals surface area contributed by atoms with Crippen LogP contribution in [0.1, 0.15) is 124 Å². The molecule has 0 atom stereocenters. The lowest BCUT2D eigenvalue weighted by Crippen LogP contribution is -3.08. The first-order chi connectivity index (χ1) is 37.3. The van der Waals surface area contributed by atoms with E-state index in [9.17, 15) is 9.59 Å². The van der Waals surface area contributed by atoms with Crippen molar-refractivity contribution in [1.29, 1.82) is 0 Å². The Kier molecular flexibility index (Phi) is 39.7. The Balaban J connectivity index is 0.000000312. The fraction of sp³-hybridized carbons (Fsp3) is 0.758. The van der Waals surface area contributed by atoms with Crippen molar-refractivity contribution >= 4 is 11.8 Å². The zero-order valence-corrected chi connectivity index (χ0v) is 51.2. The first-order valence-electron chi connectivity index (χ1n) is 30.6. The second-order valence-corrected chi connectivity index (χ2v) is 23.3. The highest BCUT2D eigenvalue weighted by atomic mass is 16.5. The van der Waals surface area contributed by atoms with Crippen LogP contribution in [-0.4, -0.2) is 186 Å². The standard InChI is InChI=1S/C12H17NO.C9H18N2O.2C9H19NO.C8H16N2O.C8H17NO.C7H15NO/c1-13-9-7-12(8-10-13)14-11-5-3-2-4-6-11;1-10(2)9(12)8-4-6-11(3)7-5-8;1-8(2)11-9-4-6-10(3)7-5-9;1-3-8-11-9-4-6-10(2)7-5-9;1-9-8(11)7-3-5-10(2)6-4-7;1-3-10-8-4-6-9(2)7-5-8;1-8-5-3-7(9-2)4-6-8/h2-6,12-13H,1,7-10H2;8,11H,3-7H2,1-2H3;8-10H,3-7H2,1-2H3;9-10H,2-8H2,1H3;7,10H,2-6H2,1H3,(H,9,11);8-9H,2-7H2,1H3;7-8H,1,3-6H2,2H3. The number of methoxy groups -OCH3 is 1. The Bertz CT molecular complexity index is 1560. The summed E-state index contributed by atoms with van der Waals surface area (Å²) in [5, 5.41) is 2.68. The number of para-hydroxylation sites is 1. The Morgan fingerprint density at radius 1 is 0.526 bits per heavy atom. The number of nitrogens with one attached hydrogen (secondary N) is 8. The number of piperidine rings is 7. The van der Waals surface area contributed by atoms with Crippen molar-refractivity contribution in [1.82, 2.24) is 10.2 Å². The van der Waals surface area contributed by atoms with Gasteiger partial charge in [-0.05, 0) is 39.3 Å². The molecule has 7 aliphatic heterocycles. The molecule has 8 N–H and O–H groups in total. The Morgan fingerprint density at radius 3 is 1.22 bits per heavy atom. The number of likely N-dealkylation sites (tertiary alicyclic amines) is 7. The van der Waals surface area contributed by atoms with Crippen molar-refractivity contribution in [2.45, 2.75) is 161 Å². The molecule has 0 aromatic heterocycles. The first kappa shape index (κ1) is 71.6. The minimum absolute atomic E-state index is 0.192. The molecule has 2 amide bonds. The molecule has 456 valence electrons. The number of carbonyl (C=O) groups excluding carboxylic acids is 2. The monoisotopic (exact) mass is 1100 g/mol. The van der Waals surface area contributed by atoms with Gasteiger partial charge in [-0.25, -0.2) is 0 Å². The second kappa shape index (κ2) is 43.2. The maximum absolute atomic E-state index is 11.5. The molecule has 0 aliphatic carbocycles. The molecule has 0 saturated carbocycles. The molecular weight excluding hydrogens is 983 g/mol. The van der Waals surface area contributed by atoms with Gasteiger partial charge >= 0.3 is 0 Å². The van der Waals surface area contributed by atoms with Crippen molar-refractivity contribution in [3.05, 3.63) is 79.7 Å². The molecule has 0 bridgehead atoms. The minimum Gasteiger partial charge on any atom is -0.490 e. The van der Waals surface area contributed by atoms with Gasteiger partial charge in [0.2, 0.25) is 11.8 Å². The Hall–Kier alpha value is -2.48. The van der Waals surface area contributed by atoms with E-state index in [0.717, 1.165) is 116 Å². The lowest BCUT2D eigenvalue weighted by Gasteiger charge is -2.31. The molecule has 7 saturated heterocycles. The van der Waals surface area contributed by atoms with Crippen LogP contribution >= 0.6 is 0 Å². The third-order valence-electron chi connectivity index (χ3n) is 15.8. The molecule has 7 heterocycles.